The van der Waals surface area contributed by atoms with Crippen LogP contribution in [0.2, 0.25) is 0 Å². The van der Waals surface area contributed by atoms with Gasteiger partial charge in [-0.05, 0) is 49.4 Å². The normalized spacial score (nSPS) is 10.7. The van der Waals surface area contributed by atoms with Crippen molar-refractivity contribution in [2.45, 2.75) is 34.1 Å². The van der Waals surface area contributed by atoms with E-state index in [0.717, 1.165) is 24.5 Å². The van der Waals surface area contributed by atoms with Crippen LogP contribution in [0.1, 0.15) is 31.4 Å². The predicted octanol–water partition coefficient (Wildman–Crippen LogP) is 4.30. The van der Waals surface area contributed by atoms with E-state index in [9.17, 15) is 0 Å². The molecule has 4 nitrogen and oxygen atoms in total. The molecular weight excluding hydrogens is 260 g/mol. The summed E-state index contributed by atoms with van der Waals surface area (Å²) in [5, 5.41) is 6.63. The Morgan fingerprint density at radius 3 is 2.71 bits per heavy atom. The fourth-order valence-corrected chi connectivity index (χ4v) is 2.01. The van der Waals surface area contributed by atoms with Crippen molar-refractivity contribution in [2.75, 3.05) is 17.2 Å². The molecule has 0 aliphatic rings. The number of anilines is 3. The number of benzene rings is 1. The van der Waals surface area contributed by atoms with Crippen LogP contribution in [0.15, 0.2) is 30.5 Å². The van der Waals surface area contributed by atoms with Crippen LogP contribution in [0.3, 0.4) is 0 Å². The van der Waals surface area contributed by atoms with Crippen molar-refractivity contribution < 1.29 is 0 Å². The summed E-state index contributed by atoms with van der Waals surface area (Å²) in [6.45, 7) is 9.57. The topological polar surface area (TPSA) is 49.8 Å². The van der Waals surface area contributed by atoms with Crippen molar-refractivity contribution in [3.8, 4) is 0 Å². The second kappa shape index (κ2) is 7.07. The van der Waals surface area contributed by atoms with Crippen LogP contribution in [0.4, 0.5) is 17.5 Å². The van der Waals surface area contributed by atoms with Crippen molar-refractivity contribution in [2.24, 2.45) is 5.92 Å². The fraction of sp³-hybridized carbons (Fsp3) is 0.412. The summed E-state index contributed by atoms with van der Waals surface area (Å²) in [5.74, 6) is 2.17. The van der Waals surface area contributed by atoms with Crippen LogP contribution in [-0.2, 0) is 0 Å². The zero-order valence-corrected chi connectivity index (χ0v) is 13.3. The van der Waals surface area contributed by atoms with Crippen molar-refractivity contribution in [1.82, 2.24) is 9.97 Å². The lowest BCUT2D eigenvalue weighted by Crippen LogP contribution is -2.07. The van der Waals surface area contributed by atoms with Crippen LogP contribution in [0.25, 0.3) is 0 Å². The second-order valence-electron chi connectivity index (χ2n) is 5.75. The Kier molecular flexibility index (Phi) is 5.14. The van der Waals surface area contributed by atoms with Crippen molar-refractivity contribution in [3.05, 3.63) is 41.6 Å². The fourth-order valence-electron chi connectivity index (χ4n) is 2.01. The van der Waals surface area contributed by atoms with E-state index in [-0.39, 0.29) is 0 Å². The summed E-state index contributed by atoms with van der Waals surface area (Å²) in [4.78, 5) is 8.79. The molecule has 0 bridgehead atoms. The number of rotatable bonds is 6. The number of nitrogens with zero attached hydrogens (tertiary/aromatic N) is 2. The van der Waals surface area contributed by atoms with Gasteiger partial charge in [0.2, 0.25) is 5.95 Å². The maximum atomic E-state index is 4.50. The summed E-state index contributed by atoms with van der Waals surface area (Å²) in [5.41, 5.74) is 3.53. The Hall–Kier alpha value is -2.10. The van der Waals surface area contributed by atoms with Crippen LogP contribution < -0.4 is 10.6 Å². The first-order valence-corrected chi connectivity index (χ1v) is 7.46. The van der Waals surface area contributed by atoms with Gasteiger partial charge in [0, 0.05) is 18.4 Å². The van der Waals surface area contributed by atoms with E-state index in [1.54, 1.807) is 6.20 Å². The Labute approximate surface area is 127 Å². The summed E-state index contributed by atoms with van der Waals surface area (Å²) >= 11 is 0. The molecule has 2 rings (SSSR count). The van der Waals surface area contributed by atoms with Crippen LogP contribution in [0.5, 0.6) is 0 Å². The summed E-state index contributed by atoms with van der Waals surface area (Å²) in [6, 6.07) is 8.08. The summed E-state index contributed by atoms with van der Waals surface area (Å²) in [6.07, 6.45) is 2.90. The molecule has 0 fully saturated rings. The highest BCUT2D eigenvalue weighted by atomic mass is 15.1. The molecule has 0 saturated heterocycles. The molecule has 0 amide bonds. The van der Waals surface area contributed by atoms with E-state index >= 15 is 0 Å². The van der Waals surface area contributed by atoms with E-state index in [2.05, 4.69) is 54.4 Å². The standard InChI is InChI=1S/C17H24N4/c1-12(2)8-10-18-16-9-11-19-17(21-16)20-15-7-5-6-13(3)14(15)4/h5-7,9,11-12H,8,10H2,1-4H3,(H2,18,19,20,21). The van der Waals surface area contributed by atoms with Gasteiger partial charge in [-0.3, -0.25) is 0 Å². The van der Waals surface area contributed by atoms with Gasteiger partial charge in [0.15, 0.2) is 0 Å². The van der Waals surface area contributed by atoms with Gasteiger partial charge in [-0.1, -0.05) is 26.0 Å². The van der Waals surface area contributed by atoms with Gasteiger partial charge in [-0.2, -0.15) is 4.98 Å². The van der Waals surface area contributed by atoms with Gasteiger partial charge in [-0.25, -0.2) is 4.98 Å². The molecule has 0 saturated carbocycles. The molecule has 1 heterocycles. The summed E-state index contributed by atoms with van der Waals surface area (Å²) in [7, 11) is 0. The number of aryl methyl sites for hydroxylation is 1. The third-order valence-electron chi connectivity index (χ3n) is 3.53. The lowest BCUT2D eigenvalue weighted by Gasteiger charge is -2.12. The van der Waals surface area contributed by atoms with Crippen LogP contribution >= 0.6 is 0 Å². The number of hydrogen-bond donors (Lipinski definition) is 2. The molecule has 0 aliphatic heterocycles. The zero-order chi connectivity index (χ0) is 15.2. The van der Waals surface area contributed by atoms with Gasteiger partial charge in [0.25, 0.3) is 0 Å². The average molecular weight is 284 g/mol. The number of nitrogens with one attached hydrogen (secondary N) is 2. The Bertz CT molecular complexity index is 593. The minimum Gasteiger partial charge on any atom is -0.370 e. The van der Waals surface area contributed by atoms with Crippen LogP contribution in [0, 0.1) is 19.8 Å². The molecule has 1 aromatic heterocycles. The lowest BCUT2D eigenvalue weighted by molar-refractivity contribution is 0.606. The van der Waals surface area contributed by atoms with Crippen LogP contribution in [-0.4, -0.2) is 16.5 Å². The highest BCUT2D eigenvalue weighted by molar-refractivity contribution is 5.60. The van der Waals surface area contributed by atoms with Gasteiger partial charge < -0.3 is 10.6 Å². The first-order chi connectivity index (χ1) is 10.1. The maximum absolute atomic E-state index is 4.50. The molecule has 0 aliphatic carbocycles. The summed E-state index contributed by atoms with van der Waals surface area (Å²) < 4.78 is 0. The molecule has 0 unspecified atom stereocenters. The number of hydrogen-bond acceptors (Lipinski definition) is 4. The van der Waals surface area contributed by atoms with Gasteiger partial charge in [0.1, 0.15) is 5.82 Å². The van der Waals surface area contributed by atoms with E-state index in [1.165, 1.54) is 11.1 Å². The van der Waals surface area contributed by atoms with Crippen molar-refractivity contribution in [1.29, 1.82) is 0 Å². The Morgan fingerprint density at radius 2 is 1.95 bits per heavy atom. The van der Waals surface area contributed by atoms with Crippen molar-refractivity contribution >= 4 is 17.5 Å². The zero-order valence-electron chi connectivity index (χ0n) is 13.3. The second-order valence-corrected chi connectivity index (χ2v) is 5.75. The monoisotopic (exact) mass is 284 g/mol. The first kappa shape index (κ1) is 15.3. The minimum atomic E-state index is 0.623. The number of aromatic nitrogens is 2. The third kappa shape index (κ3) is 4.45. The van der Waals surface area contributed by atoms with E-state index in [0.29, 0.717) is 11.9 Å². The molecule has 0 atom stereocenters. The quantitative estimate of drug-likeness (QED) is 0.830. The Morgan fingerprint density at radius 1 is 1.14 bits per heavy atom. The molecule has 0 radical (unpaired) electrons. The predicted molar refractivity (Wildman–Crippen MR) is 89.2 cm³/mol. The lowest BCUT2D eigenvalue weighted by atomic mass is 10.1. The van der Waals surface area contributed by atoms with E-state index in [4.69, 9.17) is 0 Å². The van der Waals surface area contributed by atoms with Crippen molar-refractivity contribution in [3.63, 3.8) is 0 Å². The molecule has 21 heavy (non-hydrogen) atoms. The molecular formula is C17H24N4. The van der Waals surface area contributed by atoms with Gasteiger partial charge >= 0.3 is 0 Å². The average Bonchev–Trinajstić information content (AvgIpc) is 2.44. The Balaban J connectivity index is 2.05. The molecule has 0 spiro atoms. The SMILES string of the molecule is Cc1cccc(Nc2nccc(NCCC(C)C)n2)c1C. The largest absolute Gasteiger partial charge is 0.370 e. The molecule has 2 aromatic rings. The molecule has 4 heteroatoms. The molecule has 112 valence electrons. The highest BCUT2D eigenvalue weighted by Gasteiger charge is 2.04. The third-order valence-corrected chi connectivity index (χ3v) is 3.53. The minimum absolute atomic E-state index is 0.623. The highest BCUT2D eigenvalue weighted by Crippen LogP contribution is 2.21. The van der Waals surface area contributed by atoms with Gasteiger partial charge in [-0.15, -0.1) is 0 Å². The molecule has 1 aromatic carbocycles. The van der Waals surface area contributed by atoms with E-state index in [1.807, 2.05) is 18.2 Å². The first-order valence-electron chi connectivity index (χ1n) is 7.46. The smallest absolute Gasteiger partial charge is 0.229 e. The maximum Gasteiger partial charge on any atom is 0.229 e. The van der Waals surface area contributed by atoms with Gasteiger partial charge in [0.05, 0.1) is 0 Å². The van der Waals surface area contributed by atoms with E-state index < -0.39 is 0 Å². The molecule has 2 N–H and O–H groups in total.